The third kappa shape index (κ3) is 2.93. The minimum atomic E-state index is 0.329. The van der Waals surface area contributed by atoms with E-state index < -0.39 is 0 Å². The van der Waals surface area contributed by atoms with E-state index in [1.165, 1.54) is 5.56 Å². The molecule has 102 valence electrons. The van der Waals surface area contributed by atoms with E-state index in [4.69, 9.17) is 4.42 Å². The summed E-state index contributed by atoms with van der Waals surface area (Å²) in [6, 6.07) is 14.2. The van der Waals surface area contributed by atoms with Crippen molar-refractivity contribution in [1.29, 1.82) is 0 Å². The summed E-state index contributed by atoms with van der Waals surface area (Å²) in [6.45, 7) is 2.83. The molecule has 2 heterocycles. The molecule has 3 rings (SSSR count). The van der Waals surface area contributed by atoms with Crippen molar-refractivity contribution in [2.75, 3.05) is 0 Å². The predicted octanol–water partition coefficient (Wildman–Crippen LogP) is 3.77. The van der Waals surface area contributed by atoms with Crippen LogP contribution in [-0.4, -0.2) is 14.8 Å². The van der Waals surface area contributed by atoms with Crippen LogP contribution in [0.1, 0.15) is 23.5 Å². The van der Waals surface area contributed by atoms with Crippen LogP contribution in [0.15, 0.2) is 64.6 Å². The maximum Gasteiger partial charge on any atom is 0.192 e. The smallest absolute Gasteiger partial charge is 0.192 e. The zero-order valence-electron chi connectivity index (χ0n) is 11.1. The Hall–Kier alpha value is -2.01. The molecule has 0 saturated heterocycles. The maximum absolute atomic E-state index is 5.37. The second kappa shape index (κ2) is 5.96. The van der Waals surface area contributed by atoms with Crippen molar-refractivity contribution in [1.82, 2.24) is 14.8 Å². The first-order valence-electron chi connectivity index (χ1n) is 6.45. The molecule has 0 radical (unpaired) electrons. The summed E-state index contributed by atoms with van der Waals surface area (Å²) in [7, 11) is 0. The first-order valence-corrected chi connectivity index (χ1v) is 7.32. The van der Waals surface area contributed by atoms with Gasteiger partial charge in [-0.05, 0) is 24.6 Å². The molecule has 0 amide bonds. The highest BCUT2D eigenvalue weighted by Gasteiger charge is 2.13. The molecule has 0 aliphatic carbocycles. The number of rotatable bonds is 5. The van der Waals surface area contributed by atoms with Gasteiger partial charge in [-0.25, -0.2) is 0 Å². The molecule has 0 fully saturated rings. The molecule has 1 unspecified atom stereocenters. The number of nitrogens with zero attached hydrogens (tertiary/aromatic N) is 3. The van der Waals surface area contributed by atoms with Crippen LogP contribution in [0.2, 0.25) is 0 Å². The van der Waals surface area contributed by atoms with Gasteiger partial charge in [-0.15, -0.1) is 10.2 Å². The largest absolute Gasteiger partial charge is 0.467 e. The number of furan rings is 1. The molecule has 5 heteroatoms. The van der Waals surface area contributed by atoms with Gasteiger partial charge in [-0.3, -0.25) is 0 Å². The van der Waals surface area contributed by atoms with E-state index in [1.807, 2.05) is 22.8 Å². The first kappa shape index (κ1) is 13.0. The van der Waals surface area contributed by atoms with Crippen molar-refractivity contribution in [3.63, 3.8) is 0 Å². The van der Waals surface area contributed by atoms with E-state index >= 15 is 0 Å². The standard InChI is InChI=1S/C15H15N3OS/c1-12(13-6-3-2-4-7-13)20-15-17-16-11-18(15)10-14-8-5-9-19-14/h2-9,11-12H,10H2,1H3. The van der Waals surface area contributed by atoms with Crippen molar-refractivity contribution >= 4 is 11.8 Å². The summed E-state index contributed by atoms with van der Waals surface area (Å²) in [5, 5.41) is 9.43. The van der Waals surface area contributed by atoms with E-state index in [1.54, 1.807) is 24.4 Å². The van der Waals surface area contributed by atoms with Crippen LogP contribution in [0.5, 0.6) is 0 Å². The second-order valence-electron chi connectivity index (χ2n) is 4.49. The molecule has 0 spiro atoms. The highest BCUT2D eigenvalue weighted by Crippen LogP contribution is 2.33. The molecule has 4 nitrogen and oxygen atoms in total. The monoisotopic (exact) mass is 285 g/mol. The molecule has 0 aliphatic rings. The van der Waals surface area contributed by atoms with Crippen LogP contribution in [0, 0.1) is 0 Å². The Morgan fingerprint density at radius 3 is 2.80 bits per heavy atom. The maximum atomic E-state index is 5.37. The third-order valence-electron chi connectivity index (χ3n) is 3.04. The van der Waals surface area contributed by atoms with E-state index in [9.17, 15) is 0 Å². The predicted molar refractivity (Wildman–Crippen MR) is 78.5 cm³/mol. The highest BCUT2D eigenvalue weighted by molar-refractivity contribution is 7.99. The number of benzene rings is 1. The summed E-state index contributed by atoms with van der Waals surface area (Å²) in [5.74, 6) is 0.902. The Morgan fingerprint density at radius 1 is 1.20 bits per heavy atom. The molecule has 0 saturated carbocycles. The number of hydrogen-bond donors (Lipinski definition) is 0. The van der Waals surface area contributed by atoms with Gasteiger partial charge in [0.15, 0.2) is 5.16 Å². The molecule has 1 atom stereocenters. The van der Waals surface area contributed by atoms with Gasteiger partial charge in [0.05, 0.1) is 12.8 Å². The fourth-order valence-corrected chi connectivity index (χ4v) is 2.92. The van der Waals surface area contributed by atoms with Gasteiger partial charge in [-0.2, -0.15) is 0 Å². The van der Waals surface area contributed by atoms with Crippen LogP contribution in [0.4, 0.5) is 0 Å². The average Bonchev–Trinajstić information content (AvgIpc) is 3.13. The zero-order valence-corrected chi connectivity index (χ0v) is 12.0. The highest BCUT2D eigenvalue weighted by atomic mass is 32.2. The number of thioether (sulfide) groups is 1. The fraction of sp³-hybridized carbons (Fsp3) is 0.200. The average molecular weight is 285 g/mol. The Morgan fingerprint density at radius 2 is 2.05 bits per heavy atom. The van der Waals surface area contributed by atoms with E-state index in [0.717, 1.165) is 10.9 Å². The third-order valence-corrected chi connectivity index (χ3v) is 4.19. The summed E-state index contributed by atoms with van der Waals surface area (Å²) < 4.78 is 7.37. The van der Waals surface area contributed by atoms with Crippen molar-refractivity contribution in [3.05, 3.63) is 66.4 Å². The SMILES string of the molecule is CC(Sc1nncn1Cc1ccco1)c1ccccc1. The van der Waals surface area contributed by atoms with E-state index in [0.29, 0.717) is 11.8 Å². The van der Waals surface area contributed by atoms with Crippen LogP contribution < -0.4 is 0 Å². The van der Waals surface area contributed by atoms with Crippen molar-refractivity contribution in [2.45, 2.75) is 23.9 Å². The topological polar surface area (TPSA) is 43.9 Å². The number of aromatic nitrogens is 3. The summed E-state index contributed by atoms with van der Waals surface area (Å²) in [5.41, 5.74) is 1.28. The van der Waals surface area contributed by atoms with Crippen molar-refractivity contribution in [2.24, 2.45) is 0 Å². The quantitative estimate of drug-likeness (QED) is 0.669. The van der Waals surface area contributed by atoms with Gasteiger partial charge in [0.1, 0.15) is 12.1 Å². The second-order valence-corrected chi connectivity index (χ2v) is 5.80. The van der Waals surface area contributed by atoms with Crippen molar-refractivity contribution < 1.29 is 4.42 Å². The first-order chi connectivity index (χ1) is 9.83. The molecule has 0 bridgehead atoms. The zero-order chi connectivity index (χ0) is 13.8. The van der Waals surface area contributed by atoms with Crippen LogP contribution in [-0.2, 0) is 6.54 Å². The van der Waals surface area contributed by atoms with Gasteiger partial charge in [0, 0.05) is 5.25 Å². The van der Waals surface area contributed by atoms with Gasteiger partial charge in [-0.1, -0.05) is 42.1 Å². The Balaban J connectivity index is 1.73. The van der Waals surface area contributed by atoms with E-state index in [2.05, 4.69) is 41.4 Å². The molecule has 3 aromatic rings. The molecule has 0 aliphatic heterocycles. The molecular weight excluding hydrogens is 270 g/mol. The molecular formula is C15H15N3OS. The van der Waals surface area contributed by atoms with Gasteiger partial charge >= 0.3 is 0 Å². The molecule has 2 aromatic heterocycles. The lowest BCUT2D eigenvalue weighted by atomic mass is 10.2. The summed E-state index contributed by atoms with van der Waals surface area (Å²) in [4.78, 5) is 0. The lowest BCUT2D eigenvalue weighted by Crippen LogP contribution is -2.00. The summed E-state index contributed by atoms with van der Waals surface area (Å²) >= 11 is 1.70. The lowest BCUT2D eigenvalue weighted by molar-refractivity contribution is 0.484. The normalized spacial score (nSPS) is 12.4. The van der Waals surface area contributed by atoms with Gasteiger partial charge in [0.2, 0.25) is 0 Å². The Labute approximate surface area is 121 Å². The lowest BCUT2D eigenvalue weighted by Gasteiger charge is -2.11. The van der Waals surface area contributed by atoms with Crippen LogP contribution in [0.25, 0.3) is 0 Å². The van der Waals surface area contributed by atoms with Crippen molar-refractivity contribution in [3.8, 4) is 0 Å². The Bertz CT molecular complexity index is 649. The number of hydrogen-bond acceptors (Lipinski definition) is 4. The minimum absolute atomic E-state index is 0.329. The van der Waals surface area contributed by atoms with Crippen LogP contribution >= 0.6 is 11.8 Å². The molecule has 20 heavy (non-hydrogen) atoms. The van der Waals surface area contributed by atoms with Gasteiger partial charge in [0.25, 0.3) is 0 Å². The van der Waals surface area contributed by atoms with Gasteiger partial charge < -0.3 is 8.98 Å². The molecule has 1 aromatic carbocycles. The fourth-order valence-electron chi connectivity index (χ4n) is 1.96. The van der Waals surface area contributed by atoms with Crippen LogP contribution in [0.3, 0.4) is 0 Å². The molecule has 0 N–H and O–H groups in total. The summed E-state index contributed by atoms with van der Waals surface area (Å²) in [6.07, 6.45) is 3.42. The Kier molecular flexibility index (Phi) is 3.87. The minimum Gasteiger partial charge on any atom is -0.467 e. The van der Waals surface area contributed by atoms with E-state index in [-0.39, 0.29) is 0 Å².